The topological polar surface area (TPSA) is 59.0 Å². The highest BCUT2D eigenvalue weighted by Gasteiger charge is 2.36. The monoisotopic (exact) mass is 309 g/mol. The molecule has 1 aliphatic rings. The molecule has 3 aromatic rings. The first-order chi connectivity index (χ1) is 11.1. The Kier molecular flexibility index (Phi) is 2.69. The van der Waals surface area contributed by atoms with E-state index in [0.29, 0.717) is 16.3 Å². The molecule has 0 spiro atoms. The van der Waals surface area contributed by atoms with Gasteiger partial charge in [-0.15, -0.1) is 0 Å². The predicted octanol–water partition coefficient (Wildman–Crippen LogP) is 3.31. The van der Waals surface area contributed by atoms with Gasteiger partial charge in [0.2, 0.25) is 5.75 Å². The van der Waals surface area contributed by atoms with Crippen LogP contribution in [0.25, 0.3) is 21.5 Å². The first-order valence-corrected chi connectivity index (χ1v) is 7.20. The van der Waals surface area contributed by atoms with Crippen molar-refractivity contribution in [3.05, 3.63) is 35.9 Å². The number of carbonyl (C=O) groups is 1. The van der Waals surface area contributed by atoms with Gasteiger partial charge >= 0.3 is 0 Å². The van der Waals surface area contributed by atoms with Gasteiger partial charge in [-0.1, -0.05) is 24.3 Å². The highest BCUT2D eigenvalue weighted by atomic mass is 16.5. The van der Waals surface area contributed by atoms with Crippen LogP contribution >= 0.6 is 0 Å². The molecular formula is C18H15NO4. The molecule has 1 aliphatic heterocycles. The minimum Gasteiger partial charge on any atom is -0.504 e. The molecule has 0 radical (unpaired) electrons. The zero-order valence-electron chi connectivity index (χ0n) is 13.0. The fourth-order valence-corrected chi connectivity index (χ4v) is 3.41. The summed E-state index contributed by atoms with van der Waals surface area (Å²) in [4.78, 5) is 14.3. The van der Waals surface area contributed by atoms with Gasteiger partial charge in [0.25, 0.3) is 5.91 Å². The Bertz CT molecular complexity index is 994. The highest BCUT2D eigenvalue weighted by molar-refractivity contribution is 6.32. The Labute approximate surface area is 132 Å². The van der Waals surface area contributed by atoms with Gasteiger partial charge in [-0.2, -0.15) is 0 Å². The van der Waals surface area contributed by atoms with Crippen LogP contribution in [0.15, 0.2) is 30.3 Å². The van der Waals surface area contributed by atoms with Crippen LogP contribution in [-0.2, 0) is 0 Å². The van der Waals surface area contributed by atoms with Gasteiger partial charge in [0.1, 0.15) is 0 Å². The van der Waals surface area contributed by atoms with E-state index >= 15 is 0 Å². The third-order valence-corrected chi connectivity index (χ3v) is 4.45. The number of hydrogen-bond acceptors (Lipinski definition) is 4. The van der Waals surface area contributed by atoms with Gasteiger partial charge in [0.05, 0.1) is 25.5 Å². The molecule has 1 N–H and O–H groups in total. The molecule has 0 aliphatic carbocycles. The molecule has 1 heterocycles. The Morgan fingerprint density at radius 3 is 2.43 bits per heavy atom. The predicted molar refractivity (Wildman–Crippen MR) is 89.0 cm³/mol. The van der Waals surface area contributed by atoms with E-state index in [2.05, 4.69) is 0 Å². The van der Waals surface area contributed by atoms with Gasteiger partial charge in [0, 0.05) is 17.8 Å². The maximum Gasteiger partial charge on any atom is 0.262 e. The third kappa shape index (κ3) is 1.54. The Morgan fingerprint density at radius 2 is 1.74 bits per heavy atom. The maximum absolute atomic E-state index is 12.7. The van der Waals surface area contributed by atoms with Gasteiger partial charge in [-0.25, -0.2) is 0 Å². The smallest absolute Gasteiger partial charge is 0.262 e. The van der Waals surface area contributed by atoms with Crippen molar-refractivity contribution in [3.63, 3.8) is 0 Å². The number of phenols is 1. The number of fused-ring (bicyclic) bond motifs is 2. The second kappa shape index (κ2) is 4.52. The van der Waals surface area contributed by atoms with E-state index in [-0.39, 0.29) is 23.2 Å². The number of ether oxygens (including phenoxy) is 2. The molecule has 3 aromatic carbocycles. The summed E-state index contributed by atoms with van der Waals surface area (Å²) in [5.41, 5.74) is 1.19. The maximum atomic E-state index is 12.7. The molecule has 116 valence electrons. The molecule has 4 rings (SSSR count). The minimum absolute atomic E-state index is 0.00995. The average molecular weight is 309 g/mol. The summed E-state index contributed by atoms with van der Waals surface area (Å²) in [6.45, 7) is 0. The molecule has 1 amide bonds. The van der Waals surface area contributed by atoms with E-state index in [9.17, 15) is 9.90 Å². The summed E-state index contributed by atoms with van der Waals surface area (Å²) in [6.07, 6.45) is 0. The third-order valence-electron chi connectivity index (χ3n) is 4.45. The summed E-state index contributed by atoms with van der Waals surface area (Å²) in [5.74, 6) is 0.268. The lowest BCUT2D eigenvalue weighted by molar-refractivity contribution is 0.0996. The van der Waals surface area contributed by atoms with Crippen molar-refractivity contribution in [2.24, 2.45) is 0 Å². The van der Waals surface area contributed by atoms with Crippen molar-refractivity contribution in [1.29, 1.82) is 0 Å². The number of benzene rings is 3. The zero-order chi connectivity index (χ0) is 16.3. The molecule has 0 fully saturated rings. The van der Waals surface area contributed by atoms with Crippen LogP contribution in [0.1, 0.15) is 10.4 Å². The number of phenolic OH excluding ortho intramolecular Hbond substituents is 1. The molecule has 23 heavy (non-hydrogen) atoms. The summed E-state index contributed by atoms with van der Waals surface area (Å²) >= 11 is 0. The lowest BCUT2D eigenvalue weighted by Crippen LogP contribution is -2.21. The van der Waals surface area contributed by atoms with E-state index in [1.165, 1.54) is 14.2 Å². The number of hydrogen-bond donors (Lipinski definition) is 1. The first-order valence-electron chi connectivity index (χ1n) is 7.20. The zero-order valence-corrected chi connectivity index (χ0v) is 13.0. The van der Waals surface area contributed by atoms with Crippen molar-refractivity contribution in [3.8, 4) is 17.2 Å². The molecular weight excluding hydrogens is 294 g/mol. The number of amides is 1. The highest BCUT2D eigenvalue weighted by Crippen LogP contribution is 2.53. The number of carbonyl (C=O) groups excluding carboxylic acids is 1. The molecule has 0 atom stereocenters. The van der Waals surface area contributed by atoms with Crippen molar-refractivity contribution in [1.82, 2.24) is 0 Å². The van der Waals surface area contributed by atoms with Gasteiger partial charge < -0.3 is 19.5 Å². The number of aromatic hydroxyl groups is 1. The lowest BCUT2D eigenvalue weighted by Gasteiger charge is -2.15. The summed E-state index contributed by atoms with van der Waals surface area (Å²) in [5, 5.41) is 13.9. The van der Waals surface area contributed by atoms with Crippen LogP contribution in [0.3, 0.4) is 0 Å². The van der Waals surface area contributed by atoms with Crippen molar-refractivity contribution in [2.75, 3.05) is 26.2 Å². The minimum atomic E-state index is -0.171. The fourth-order valence-electron chi connectivity index (χ4n) is 3.41. The summed E-state index contributed by atoms with van der Waals surface area (Å²) < 4.78 is 10.7. The van der Waals surface area contributed by atoms with Crippen LogP contribution in [0, 0.1) is 0 Å². The van der Waals surface area contributed by atoms with Crippen LogP contribution < -0.4 is 14.4 Å². The number of nitrogens with zero attached hydrogens (tertiary/aromatic N) is 1. The Balaban J connectivity index is 2.36. The van der Waals surface area contributed by atoms with Crippen LogP contribution in [0.2, 0.25) is 0 Å². The largest absolute Gasteiger partial charge is 0.504 e. The van der Waals surface area contributed by atoms with Crippen LogP contribution in [0.4, 0.5) is 5.69 Å². The molecule has 0 saturated carbocycles. The van der Waals surface area contributed by atoms with Crippen molar-refractivity contribution >= 4 is 33.1 Å². The Morgan fingerprint density at radius 1 is 1.04 bits per heavy atom. The normalized spacial score (nSPS) is 13.2. The quantitative estimate of drug-likeness (QED) is 0.738. The van der Waals surface area contributed by atoms with Crippen LogP contribution in [0.5, 0.6) is 17.2 Å². The van der Waals surface area contributed by atoms with Gasteiger partial charge in [-0.05, 0) is 16.8 Å². The second-order valence-electron chi connectivity index (χ2n) is 5.52. The Hall–Kier alpha value is -2.95. The van der Waals surface area contributed by atoms with E-state index in [1.807, 2.05) is 30.3 Å². The van der Waals surface area contributed by atoms with Gasteiger partial charge in [-0.3, -0.25) is 4.79 Å². The van der Waals surface area contributed by atoms with Crippen LogP contribution in [-0.4, -0.2) is 32.3 Å². The molecule has 5 nitrogen and oxygen atoms in total. The lowest BCUT2D eigenvalue weighted by atomic mass is 9.96. The van der Waals surface area contributed by atoms with E-state index in [1.54, 1.807) is 11.9 Å². The molecule has 5 heteroatoms. The average Bonchev–Trinajstić information content (AvgIpc) is 2.81. The molecule has 0 saturated heterocycles. The van der Waals surface area contributed by atoms with Crippen molar-refractivity contribution in [2.45, 2.75) is 0 Å². The second-order valence-corrected chi connectivity index (χ2v) is 5.52. The number of methoxy groups -OCH3 is 2. The SMILES string of the molecule is COc1c(OC)c(O)c2c3c(cc4ccccc42)N(C)C(=O)c13. The van der Waals surface area contributed by atoms with E-state index < -0.39 is 0 Å². The first kappa shape index (κ1) is 13.7. The number of rotatable bonds is 2. The van der Waals surface area contributed by atoms with E-state index in [4.69, 9.17) is 9.47 Å². The molecule has 0 unspecified atom stereocenters. The standard InChI is InChI=1S/C18H15NO4/c1-19-11-8-9-6-4-5-7-10(9)12-13(11)14(18(19)21)16(22-2)17(23-3)15(12)20/h4-8,20H,1-3H3. The van der Waals surface area contributed by atoms with E-state index in [0.717, 1.165) is 16.5 Å². The fraction of sp³-hybridized carbons (Fsp3) is 0.167. The van der Waals surface area contributed by atoms with Gasteiger partial charge in [0.15, 0.2) is 11.5 Å². The van der Waals surface area contributed by atoms with Crippen molar-refractivity contribution < 1.29 is 19.4 Å². The molecule has 0 aromatic heterocycles. The summed E-state index contributed by atoms with van der Waals surface area (Å²) in [7, 11) is 4.63. The molecule has 0 bridgehead atoms. The number of anilines is 1. The summed E-state index contributed by atoms with van der Waals surface area (Å²) in [6, 6.07) is 9.67.